The number of hydrogen-bond acceptors (Lipinski definition) is 4. The molecule has 1 aromatic heterocycles. The summed E-state index contributed by atoms with van der Waals surface area (Å²) in [5.74, 6) is -0.259. The van der Waals surface area contributed by atoms with Crippen LogP contribution in [0.15, 0.2) is 12.3 Å². The summed E-state index contributed by atoms with van der Waals surface area (Å²) in [6.45, 7) is 6.36. The maximum atomic E-state index is 11.8. The number of carbonyl (C=O) groups excluding carboxylic acids is 1. The van der Waals surface area contributed by atoms with Crippen molar-refractivity contribution in [2.75, 3.05) is 13.7 Å². The van der Waals surface area contributed by atoms with E-state index in [2.05, 4.69) is 10.4 Å². The van der Waals surface area contributed by atoms with Crippen molar-refractivity contribution in [2.24, 2.45) is 0 Å². The molecule has 0 fully saturated rings. The summed E-state index contributed by atoms with van der Waals surface area (Å²) in [7, 11) is 1.74. The standard InChI is InChI=1S/C11H19N3O2/c1-5-16-10(15)11(3,12-4)8-14-7-6-9(2)13-14/h6-7,12H,5,8H2,1-4H3. The minimum atomic E-state index is -0.742. The van der Waals surface area contributed by atoms with Crippen molar-refractivity contribution < 1.29 is 9.53 Å². The van der Waals surface area contributed by atoms with Gasteiger partial charge >= 0.3 is 5.97 Å². The van der Waals surface area contributed by atoms with Crippen LogP contribution in [0.2, 0.25) is 0 Å². The number of carbonyl (C=O) groups is 1. The molecule has 1 unspecified atom stereocenters. The largest absolute Gasteiger partial charge is 0.465 e. The molecular weight excluding hydrogens is 206 g/mol. The lowest BCUT2D eigenvalue weighted by Gasteiger charge is -2.26. The molecule has 0 saturated carbocycles. The molecule has 1 atom stereocenters. The number of likely N-dealkylation sites (N-methyl/N-ethyl adjacent to an activating group) is 1. The first-order valence-corrected chi connectivity index (χ1v) is 5.38. The second kappa shape index (κ2) is 5.12. The molecule has 1 heterocycles. The second-order valence-electron chi connectivity index (χ2n) is 3.96. The Bertz CT molecular complexity index is 362. The van der Waals surface area contributed by atoms with Gasteiger partial charge in [0.1, 0.15) is 5.54 Å². The zero-order valence-corrected chi connectivity index (χ0v) is 10.3. The molecule has 16 heavy (non-hydrogen) atoms. The summed E-state index contributed by atoms with van der Waals surface area (Å²) < 4.78 is 6.77. The van der Waals surface area contributed by atoms with Crippen LogP contribution in [-0.2, 0) is 16.1 Å². The maximum absolute atomic E-state index is 11.8. The van der Waals surface area contributed by atoms with E-state index in [0.717, 1.165) is 5.69 Å². The SMILES string of the molecule is CCOC(=O)C(C)(Cn1ccc(C)n1)NC. The van der Waals surface area contributed by atoms with E-state index in [4.69, 9.17) is 4.74 Å². The smallest absolute Gasteiger partial charge is 0.327 e. The monoisotopic (exact) mass is 225 g/mol. The van der Waals surface area contributed by atoms with Gasteiger partial charge in [0.05, 0.1) is 18.8 Å². The highest BCUT2D eigenvalue weighted by molar-refractivity contribution is 5.80. The van der Waals surface area contributed by atoms with Crippen LogP contribution in [0.5, 0.6) is 0 Å². The van der Waals surface area contributed by atoms with Crippen molar-refractivity contribution in [2.45, 2.75) is 32.9 Å². The average molecular weight is 225 g/mol. The van der Waals surface area contributed by atoms with E-state index in [-0.39, 0.29) is 5.97 Å². The van der Waals surface area contributed by atoms with E-state index in [9.17, 15) is 4.79 Å². The molecule has 0 aliphatic carbocycles. The number of nitrogens with one attached hydrogen (secondary N) is 1. The fourth-order valence-corrected chi connectivity index (χ4v) is 1.41. The summed E-state index contributed by atoms with van der Waals surface area (Å²) in [6, 6.07) is 1.90. The quantitative estimate of drug-likeness (QED) is 0.751. The number of nitrogens with zero attached hydrogens (tertiary/aromatic N) is 2. The number of esters is 1. The maximum Gasteiger partial charge on any atom is 0.327 e. The van der Waals surface area contributed by atoms with Crippen LogP contribution in [-0.4, -0.2) is 34.9 Å². The summed E-state index contributed by atoms with van der Waals surface area (Å²) in [5, 5.41) is 7.24. The molecule has 0 bridgehead atoms. The van der Waals surface area contributed by atoms with Gasteiger partial charge in [-0.25, -0.2) is 4.79 Å². The number of ether oxygens (including phenoxy) is 1. The fourth-order valence-electron chi connectivity index (χ4n) is 1.41. The van der Waals surface area contributed by atoms with Gasteiger partial charge in [0.25, 0.3) is 0 Å². The molecule has 0 spiro atoms. The fraction of sp³-hybridized carbons (Fsp3) is 0.636. The molecule has 0 amide bonds. The first-order chi connectivity index (χ1) is 7.51. The Hall–Kier alpha value is -1.36. The molecule has 5 nitrogen and oxygen atoms in total. The van der Waals surface area contributed by atoms with Crippen molar-refractivity contribution in [1.29, 1.82) is 0 Å². The summed E-state index contributed by atoms with van der Waals surface area (Å²) in [5.41, 5.74) is 0.191. The molecule has 0 aromatic carbocycles. The van der Waals surface area contributed by atoms with Crippen LogP contribution in [0.1, 0.15) is 19.5 Å². The molecule has 1 rings (SSSR count). The van der Waals surface area contributed by atoms with Gasteiger partial charge in [-0.1, -0.05) is 0 Å². The minimum absolute atomic E-state index is 0.259. The number of hydrogen-bond donors (Lipinski definition) is 1. The van der Waals surface area contributed by atoms with Crippen LogP contribution in [0.25, 0.3) is 0 Å². The molecular formula is C11H19N3O2. The van der Waals surface area contributed by atoms with Crippen molar-refractivity contribution in [3.63, 3.8) is 0 Å². The zero-order chi connectivity index (χ0) is 12.2. The van der Waals surface area contributed by atoms with Gasteiger partial charge < -0.3 is 10.1 Å². The molecule has 1 aromatic rings. The molecule has 0 aliphatic heterocycles. The van der Waals surface area contributed by atoms with Gasteiger partial charge in [-0.2, -0.15) is 5.10 Å². The van der Waals surface area contributed by atoms with Gasteiger partial charge in [0, 0.05) is 6.20 Å². The van der Waals surface area contributed by atoms with Gasteiger partial charge in [-0.05, 0) is 33.9 Å². The molecule has 5 heteroatoms. The lowest BCUT2D eigenvalue weighted by Crippen LogP contribution is -2.52. The van der Waals surface area contributed by atoms with Gasteiger partial charge in [0.2, 0.25) is 0 Å². The van der Waals surface area contributed by atoms with Gasteiger partial charge in [-0.15, -0.1) is 0 Å². The lowest BCUT2D eigenvalue weighted by atomic mass is 10.0. The Kier molecular flexibility index (Phi) is 4.06. The average Bonchev–Trinajstić information content (AvgIpc) is 2.64. The highest BCUT2D eigenvalue weighted by Gasteiger charge is 2.33. The van der Waals surface area contributed by atoms with Crippen LogP contribution in [0.3, 0.4) is 0 Å². The number of aryl methyl sites for hydroxylation is 1. The zero-order valence-electron chi connectivity index (χ0n) is 10.3. The first-order valence-electron chi connectivity index (χ1n) is 5.38. The third-order valence-corrected chi connectivity index (χ3v) is 2.53. The predicted octanol–water partition coefficient (Wildman–Crippen LogP) is 0.733. The van der Waals surface area contributed by atoms with Crippen molar-refractivity contribution in [1.82, 2.24) is 15.1 Å². The molecule has 90 valence electrons. The number of rotatable bonds is 5. The van der Waals surface area contributed by atoms with E-state index in [1.807, 2.05) is 26.1 Å². The van der Waals surface area contributed by atoms with Gasteiger partial charge in [0.15, 0.2) is 0 Å². The number of aromatic nitrogens is 2. The molecule has 0 aliphatic rings. The highest BCUT2D eigenvalue weighted by Crippen LogP contribution is 2.10. The van der Waals surface area contributed by atoms with Gasteiger partial charge in [-0.3, -0.25) is 4.68 Å². The van der Waals surface area contributed by atoms with Crippen molar-refractivity contribution in [3.8, 4) is 0 Å². The van der Waals surface area contributed by atoms with Crippen molar-refractivity contribution >= 4 is 5.97 Å². The van der Waals surface area contributed by atoms with Crippen LogP contribution in [0.4, 0.5) is 0 Å². The molecule has 0 saturated heterocycles. The van der Waals surface area contributed by atoms with Crippen LogP contribution >= 0.6 is 0 Å². The molecule has 0 radical (unpaired) electrons. The Morgan fingerprint density at radius 3 is 2.81 bits per heavy atom. The summed E-state index contributed by atoms with van der Waals surface area (Å²) >= 11 is 0. The molecule has 1 N–H and O–H groups in total. The third-order valence-electron chi connectivity index (χ3n) is 2.53. The first kappa shape index (κ1) is 12.7. The summed E-state index contributed by atoms with van der Waals surface area (Å²) in [4.78, 5) is 11.8. The highest BCUT2D eigenvalue weighted by atomic mass is 16.5. The van der Waals surface area contributed by atoms with E-state index >= 15 is 0 Å². The Morgan fingerprint density at radius 2 is 2.38 bits per heavy atom. The van der Waals surface area contributed by atoms with E-state index in [1.54, 1.807) is 18.7 Å². The summed E-state index contributed by atoms with van der Waals surface area (Å²) in [6.07, 6.45) is 1.85. The van der Waals surface area contributed by atoms with E-state index < -0.39 is 5.54 Å². The Morgan fingerprint density at radius 1 is 1.69 bits per heavy atom. The lowest BCUT2D eigenvalue weighted by molar-refractivity contribution is -0.151. The van der Waals surface area contributed by atoms with E-state index in [0.29, 0.717) is 13.2 Å². The Labute approximate surface area is 95.8 Å². The topological polar surface area (TPSA) is 56.2 Å². The van der Waals surface area contributed by atoms with Crippen molar-refractivity contribution in [3.05, 3.63) is 18.0 Å². The normalized spacial score (nSPS) is 14.5. The van der Waals surface area contributed by atoms with E-state index in [1.165, 1.54) is 0 Å². The second-order valence-corrected chi connectivity index (χ2v) is 3.96. The van der Waals surface area contributed by atoms with Crippen LogP contribution < -0.4 is 5.32 Å². The van der Waals surface area contributed by atoms with Crippen LogP contribution in [0, 0.1) is 6.92 Å². The predicted molar refractivity (Wildman–Crippen MR) is 61.1 cm³/mol. The minimum Gasteiger partial charge on any atom is -0.465 e. The third kappa shape index (κ3) is 2.82. The Balaban J connectivity index is 2.77.